The molecule has 133 heavy (non-hydrogen) atoms. The van der Waals surface area contributed by atoms with Gasteiger partial charge in [0.1, 0.15) is 73.4 Å². The Balaban J connectivity index is 1.39. The number of ketones is 2. The summed E-state index contributed by atoms with van der Waals surface area (Å²) in [4.78, 5) is 215. The van der Waals surface area contributed by atoms with E-state index in [1.54, 1.807) is 82.4 Å². The van der Waals surface area contributed by atoms with Gasteiger partial charge in [0.25, 0.3) is 8.32 Å². The van der Waals surface area contributed by atoms with Crippen molar-refractivity contribution >= 4 is 101 Å². The number of nitrogens with zero attached hydrogens (tertiary/aromatic N) is 8. The fraction of sp³-hybridized carbons (Fsp3) is 0.615. The lowest BCUT2D eigenvalue weighted by atomic mass is 9.88. The van der Waals surface area contributed by atoms with Crippen LogP contribution in [-0.4, -0.2) is 274 Å². The summed E-state index contributed by atoms with van der Waals surface area (Å²) in [5.41, 5.74) is 4.15. The Bertz CT molecular complexity index is 4530. The third-order valence-electron chi connectivity index (χ3n) is 26.2. The summed E-state index contributed by atoms with van der Waals surface area (Å²) < 4.78 is 24.7. The number of Topliss-reactive ketones (excluding diaryl/α,β-unsaturated/α-hetero) is 2. The van der Waals surface area contributed by atoms with Gasteiger partial charge in [0, 0.05) is 107 Å². The van der Waals surface area contributed by atoms with E-state index in [4.69, 9.17) is 18.6 Å². The Labute approximate surface area is 794 Å². The second kappa shape index (κ2) is 51.9. The van der Waals surface area contributed by atoms with E-state index in [1.165, 1.54) is 97.5 Å². The van der Waals surface area contributed by atoms with E-state index in [-0.39, 0.29) is 92.9 Å². The molecular formula is C104H158N10O18Si. The van der Waals surface area contributed by atoms with Crippen LogP contribution in [0, 0.1) is 53.3 Å². The number of nitrogens with one attached hydrogen (secondary N) is 2. The van der Waals surface area contributed by atoms with Crippen LogP contribution in [0.25, 0.3) is 11.1 Å². The fourth-order valence-corrected chi connectivity index (χ4v) is 22.7. The molecular weight excluding hydrogens is 1710 g/mol. The number of carbonyl (C=O) groups excluding carboxylic acids is 14. The van der Waals surface area contributed by atoms with E-state index in [0.717, 1.165) is 37.5 Å². The van der Waals surface area contributed by atoms with E-state index in [0.29, 0.717) is 25.9 Å². The number of rotatable bonds is 51. The fourth-order valence-electron chi connectivity index (χ4n) is 18.1. The number of likely N-dealkylation sites (N-methyl/N-ethyl adjacent to an activating group) is 8. The van der Waals surface area contributed by atoms with Gasteiger partial charge < -0.3 is 63.6 Å². The van der Waals surface area contributed by atoms with Crippen molar-refractivity contribution in [1.82, 2.24) is 49.8 Å². The van der Waals surface area contributed by atoms with Crippen molar-refractivity contribution in [3.8, 4) is 11.1 Å². The molecule has 1 aliphatic carbocycles. The van der Waals surface area contributed by atoms with Crippen LogP contribution < -0.4 is 21.0 Å². The summed E-state index contributed by atoms with van der Waals surface area (Å²) in [7, 11) is 8.79. The number of allylic oxidation sites excluding steroid dienone is 2. The van der Waals surface area contributed by atoms with Gasteiger partial charge >= 0.3 is 18.0 Å². The number of amides is 10. The minimum absolute atomic E-state index is 0.00922. The number of hydrogen-bond donors (Lipinski definition) is 2. The molecule has 0 aliphatic heterocycles. The van der Waals surface area contributed by atoms with Crippen LogP contribution in [0.5, 0.6) is 0 Å². The highest BCUT2D eigenvalue weighted by Gasteiger charge is 2.52. The molecule has 29 heteroatoms. The maximum absolute atomic E-state index is 15.6. The van der Waals surface area contributed by atoms with Crippen molar-refractivity contribution in [2.45, 2.75) is 282 Å². The zero-order valence-electron chi connectivity index (χ0n) is 85.2. The van der Waals surface area contributed by atoms with Gasteiger partial charge in [-0.2, -0.15) is 0 Å². The molecule has 14 atom stereocenters. The van der Waals surface area contributed by atoms with E-state index in [1.807, 2.05) is 139 Å². The van der Waals surface area contributed by atoms with Crippen LogP contribution in [0.3, 0.4) is 0 Å². The number of hydrogen-bond acceptors (Lipinski definition) is 18. The zero-order chi connectivity index (χ0) is 100. The molecule has 0 saturated heterocycles. The number of fused-ring (bicyclic) bond motifs is 3. The predicted molar refractivity (Wildman–Crippen MR) is 522 cm³/mol. The van der Waals surface area contributed by atoms with Gasteiger partial charge in [-0.15, -0.1) is 0 Å². The monoisotopic (exact) mass is 1860 g/mol. The normalized spacial score (nSPS) is 15.4. The highest BCUT2D eigenvalue weighted by Crippen LogP contribution is 2.45. The first-order valence-corrected chi connectivity index (χ1v) is 49.4. The second-order valence-corrected chi connectivity index (χ2v) is 44.0. The molecule has 0 aromatic heterocycles. The Kier molecular flexibility index (Phi) is 44.1. The van der Waals surface area contributed by atoms with Crippen LogP contribution in [0.1, 0.15) is 227 Å². The van der Waals surface area contributed by atoms with Gasteiger partial charge in [0.15, 0.2) is 5.78 Å². The summed E-state index contributed by atoms with van der Waals surface area (Å²) in [6, 6.07) is 25.3. The Morgan fingerprint density at radius 3 is 1.41 bits per heavy atom. The van der Waals surface area contributed by atoms with Gasteiger partial charge in [-0.05, 0) is 138 Å². The van der Waals surface area contributed by atoms with E-state index in [2.05, 4.69) is 55.7 Å². The van der Waals surface area contributed by atoms with Crippen molar-refractivity contribution in [2.75, 3.05) is 82.7 Å². The predicted octanol–water partition coefficient (Wildman–Crippen LogP) is 12.8. The van der Waals surface area contributed by atoms with Crippen LogP contribution in [0.4, 0.5) is 4.79 Å². The van der Waals surface area contributed by atoms with Crippen molar-refractivity contribution in [3.63, 3.8) is 0 Å². The molecule has 4 aromatic carbocycles. The maximum atomic E-state index is 15.6. The van der Waals surface area contributed by atoms with Gasteiger partial charge in [-0.25, -0.2) is 9.59 Å². The SMILES string of the molecule is C/C=C/C[C@@H](C)[C@@H](OC(C)=O)[C@@H](C(=O)N[C@@H](CC)C(=O)OCCN(C)C(C)=O)N(C)C(=O)[C@H](C(C)C)N(C)C(=O)[C@H](CC(C)C)N(C)C(=O)[C@H](CC(C)C)N(C)C(=O)[C@@H](C)CC(=O)[C@H](C)CC(=O)[C@H](CC(C)C)N(C)C(=O)[C@H](NC(=O)[C@@H]([C@@H](C)CCCO[Si](c1ccccc1)(c1ccccc1)C(C)(C)C)N(C)C(=O)[C@H](C)N(C)C(=O)OCC1c2ccccc2-c2ccccc21)C(C)C. The van der Waals surface area contributed by atoms with Crippen LogP contribution >= 0.6 is 0 Å². The molecule has 0 radical (unpaired) electrons. The largest absolute Gasteiger partial charge is 0.462 e. The lowest BCUT2D eigenvalue weighted by Gasteiger charge is -2.43. The molecule has 0 spiro atoms. The van der Waals surface area contributed by atoms with Crippen molar-refractivity contribution in [1.29, 1.82) is 0 Å². The highest BCUT2D eigenvalue weighted by atomic mass is 28.4. The number of ether oxygens (including phenoxy) is 3. The van der Waals surface area contributed by atoms with Crippen molar-refractivity contribution in [2.24, 2.45) is 53.3 Å². The van der Waals surface area contributed by atoms with E-state index < -0.39 is 181 Å². The molecule has 0 bridgehead atoms. The Morgan fingerprint density at radius 2 is 0.932 bits per heavy atom. The summed E-state index contributed by atoms with van der Waals surface area (Å²) in [5, 5.41) is 7.65. The van der Waals surface area contributed by atoms with Crippen LogP contribution in [-0.2, 0) is 81.0 Å². The summed E-state index contributed by atoms with van der Waals surface area (Å²) in [5.74, 6) is -13.0. The molecule has 0 fully saturated rings. The molecule has 0 saturated carbocycles. The van der Waals surface area contributed by atoms with Gasteiger partial charge in [0.2, 0.25) is 53.2 Å². The molecule has 28 nitrogen and oxygen atoms in total. The summed E-state index contributed by atoms with van der Waals surface area (Å²) in [6.45, 7) is 39.5. The molecule has 10 amide bonds. The minimum Gasteiger partial charge on any atom is -0.462 e. The second-order valence-electron chi connectivity index (χ2n) is 39.7. The highest BCUT2D eigenvalue weighted by molar-refractivity contribution is 6.99. The first kappa shape index (κ1) is 113. The average molecular weight is 1860 g/mol. The molecule has 4 aromatic rings. The standard InChI is InChI=1S/C104H158N10O18Si/c1-31-33-45-70(14)93(132-75(19)116)92(95(120)105-83(32-2)102(127)129-57-55-107(23)74(18)115)114(30)101(126)90(68(11)12)112(28)99(124)86(60-66(7)8)111(27)98(123)85(59-65(5)6)110(26)96(121)72(16)62-87(117)71(15)61-88(118)84(58-64(3)4)109(25)100(125)89(67(9)10)106-94(119)91(69(13)46-44-56-131-133(104(20,21)22,76-47-36-34-37-48-76)77-49-38-35-39-50-77)113(29)97(122)73(17)108(24)103(128)130-63-82-80-53-42-40-51-78(80)79-52-41-43-54-81(79)82/h31,33-43,47-54,64-73,82-86,89-93H,32,44-46,55-63H2,1-30H3,(H,105,120)(H,106,119)/b33-31+/t69-,70+,71+,72-,73-,83-,84-,85-,86-,89+,90-,91+,92-,93+/m0/s1. The molecule has 1 aliphatic rings. The molecule has 5 rings (SSSR count). The van der Waals surface area contributed by atoms with Gasteiger partial charge in [-0.1, -0.05) is 246 Å². The lowest BCUT2D eigenvalue weighted by Crippen LogP contribution is -2.66. The summed E-state index contributed by atoms with van der Waals surface area (Å²) in [6.07, 6.45) is 2.56. The topological polar surface area (TPSA) is 326 Å². The summed E-state index contributed by atoms with van der Waals surface area (Å²) >= 11 is 0. The third-order valence-corrected chi connectivity index (χ3v) is 31.2. The maximum Gasteiger partial charge on any atom is 0.410 e. The van der Waals surface area contributed by atoms with E-state index >= 15 is 33.6 Å². The third kappa shape index (κ3) is 29.8. The molecule has 736 valence electrons. The zero-order valence-corrected chi connectivity index (χ0v) is 86.2. The Morgan fingerprint density at radius 1 is 0.474 bits per heavy atom. The lowest BCUT2D eigenvalue weighted by molar-refractivity contribution is -0.164. The van der Waals surface area contributed by atoms with Crippen molar-refractivity contribution < 1.29 is 85.8 Å². The van der Waals surface area contributed by atoms with Gasteiger partial charge in [-0.3, -0.25) is 62.4 Å². The first-order chi connectivity index (χ1) is 62.3. The molecule has 0 heterocycles. The average Bonchev–Trinajstić information content (AvgIpc) is 1.75. The number of carbonyl (C=O) groups is 14. The first-order valence-electron chi connectivity index (χ1n) is 47.5. The smallest absolute Gasteiger partial charge is 0.410 e. The number of benzene rings is 4. The van der Waals surface area contributed by atoms with Crippen molar-refractivity contribution in [3.05, 3.63) is 132 Å². The minimum atomic E-state index is -3.01. The molecule has 0 unspecified atom stereocenters. The number of esters is 2. The Hall–Kier alpha value is -10.4. The van der Waals surface area contributed by atoms with Gasteiger partial charge in [0.05, 0.1) is 12.6 Å². The quantitative estimate of drug-likeness (QED) is 0.0136. The van der Waals surface area contributed by atoms with Crippen LogP contribution in [0.15, 0.2) is 121 Å². The molecule has 2 N–H and O–H groups in total. The van der Waals surface area contributed by atoms with E-state index in [9.17, 15) is 33.6 Å². The van der Waals surface area contributed by atoms with Crippen LogP contribution in [0.2, 0.25) is 5.04 Å².